The van der Waals surface area contributed by atoms with Crippen LogP contribution in [0.1, 0.15) is 50.0 Å². The Labute approximate surface area is 123 Å². The number of fused-ring (bicyclic) bond motifs is 1. The van der Waals surface area contributed by atoms with Gasteiger partial charge in [0.15, 0.2) is 0 Å². The predicted octanol–water partition coefficient (Wildman–Crippen LogP) is 3.45. The first kappa shape index (κ1) is 13.7. The van der Waals surface area contributed by atoms with Crippen LogP contribution < -0.4 is 10.1 Å². The van der Waals surface area contributed by atoms with Crippen molar-refractivity contribution in [3.8, 4) is 5.75 Å². The van der Waals surface area contributed by atoms with E-state index in [9.17, 15) is 4.79 Å². The molecule has 1 atom stereocenters. The Hall–Kier alpha value is -1.23. The smallest absolute Gasteiger partial charge is 0.408 e. The van der Waals surface area contributed by atoms with E-state index in [0.717, 1.165) is 12.2 Å². The maximum absolute atomic E-state index is 11.8. The number of hydrogen-bond acceptors (Lipinski definition) is 4. The van der Waals surface area contributed by atoms with Gasteiger partial charge in [0, 0.05) is 16.9 Å². The van der Waals surface area contributed by atoms with E-state index in [1.54, 1.807) is 11.3 Å². The van der Waals surface area contributed by atoms with Crippen molar-refractivity contribution < 1.29 is 14.3 Å². The number of hydrogen-bond donors (Lipinski definition) is 1. The first-order valence-corrected chi connectivity index (χ1v) is 8.03. The van der Waals surface area contributed by atoms with Crippen molar-refractivity contribution in [3.05, 3.63) is 15.8 Å². The lowest BCUT2D eigenvalue weighted by Crippen LogP contribution is -2.44. The van der Waals surface area contributed by atoms with Crippen molar-refractivity contribution >= 4 is 17.4 Å². The number of ether oxygens (including phenoxy) is 2. The molecule has 5 heteroatoms. The second kappa shape index (κ2) is 4.95. The summed E-state index contributed by atoms with van der Waals surface area (Å²) in [6, 6.07) is 0.00283. The molecule has 1 saturated carbocycles. The molecule has 1 unspecified atom stereocenters. The lowest BCUT2D eigenvalue weighted by atomic mass is 10.1. The van der Waals surface area contributed by atoms with Gasteiger partial charge in [-0.25, -0.2) is 4.79 Å². The maximum atomic E-state index is 11.8. The average molecular weight is 295 g/mol. The van der Waals surface area contributed by atoms with Gasteiger partial charge >= 0.3 is 6.09 Å². The summed E-state index contributed by atoms with van der Waals surface area (Å²) in [6.07, 6.45) is 3.04. The first-order chi connectivity index (χ1) is 9.42. The SMILES string of the molecule is CC(C)(C)OC(=O)NC1COc2c(C3CC3)csc2C1. The summed E-state index contributed by atoms with van der Waals surface area (Å²) >= 11 is 1.75. The number of carbonyl (C=O) groups excluding carboxylic acids is 1. The predicted molar refractivity (Wildman–Crippen MR) is 78.7 cm³/mol. The third kappa shape index (κ3) is 3.08. The van der Waals surface area contributed by atoms with Crippen LogP contribution in [-0.2, 0) is 11.2 Å². The molecular weight excluding hydrogens is 274 g/mol. The maximum Gasteiger partial charge on any atom is 0.408 e. The summed E-state index contributed by atoms with van der Waals surface area (Å²) in [6.45, 7) is 6.12. The molecule has 1 amide bonds. The molecule has 0 aromatic carbocycles. The van der Waals surface area contributed by atoms with E-state index >= 15 is 0 Å². The zero-order valence-corrected chi connectivity index (χ0v) is 13.0. The van der Waals surface area contributed by atoms with Gasteiger partial charge in [0.25, 0.3) is 0 Å². The molecular formula is C15H21NO3S. The van der Waals surface area contributed by atoms with Crippen LogP contribution in [0.3, 0.4) is 0 Å². The van der Waals surface area contributed by atoms with E-state index < -0.39 is 5.60 Å². The van der Waals surface area contributed by atoms with Crippen LogP contribution in [0.15, 0.2) is 5.38 Å². The van der Waals surface area contributed by atoms with Crippen LogP contribution >= 0.6 is 11.3 Å². The molecule has 2 aliphatic rings. The molecule has 0 saturated heterocycles. The summed E-state index contributed by atoms with van der Waals surface area (Å²) < 4.78 is 11.2. The lowest BCUT2D eigenvalue weighted by molar-refractivity contribution is 0.0482. The number of carbonyl (C=O) groups is 1. The number of thiophene rings is 1. The first-order valence-electron chi connectivity index (χ1n) is 7.15. The molecule has 1 N–H and O–H groups in total. The molecule has 0 radical (unpaired) electrons. The second-order valence-electron chi connectivity index (χ2n) is 6.58. The number of nitrogens with one attached hydrogen (secondary N) is 1. The Bertz CT molecular complexity index is 514. The minimum atomic E-state index is -0.465. The topological polar surface area (TPSA) is 47.6 Å². The zero-order valence-electron chi connectivity index (χ0n) is 12.2. The van der Waals surface area contributed by atoms with Crippen molar-refractivity contribution in [2.75, 3.05) is 6.61 Å². The molecule has 0 bridgehead atoms. The molecule has 1 fully saturated rings. The van der Waals surface area contributed by atoms with Gasteiger partial charge in [-0.1, -0.05) is 0 Å². The summed E-state index contributed by atoms with van der Waals surface area (Å²) in [5.41, 5.74) is 0.910. The Kier molecular flexibility index (Phi) is 3.40. The average Bonchev–Trinajstić information content (AvgIpc) is 3.07. The number of alkyl carbamates (subject to hydrolysis) is 1. The summed E-state index contributed by atoms with van der Waals surface area (Å²) in [5.74, 6) is 1.80. The molecule has 1 aliphatic carbocycles. The molecule has 2 heterocycles. The highest BCUT2D eigenvalue weighted by molar-refractivity contribution is 7.10. The van der Waals surface area contributed by atoms with Gasteiger partial charge in [-0.15, -0.1) is 11.3 Å². The van der Waals surface area contributed by atoms with E-state index in [2.05, 4.69) is 10.7 Å². The van der Waals surface area contributed by atoms with E-state index in [0.29, 0.717) is 12.5 Å². The molecule has 1 aromatic rings. The molecule has 4 nitrogen and oxygen atoms in total. The van der Waals surface area contributed by atoms with Gasteiger partial charge in [0.2, 0.25) is 0 Å². The normalized spacial score (nSPS) is 21.9. The van der Waals surface area contributed by atoms with E-state index in [4.69, 9.17) is 9.47 Å². The van der Waals surface area contributed by atoms with Crippen molar-refractivity contribution in [2.24, 2.45) is 0 Å². The molecule has 1 aromatic heterocycles. The number of amides is 1. The summed E-state index contributed by atoms with van der Waals surface area (Å²) in [4.78, 5) is 13.0. The minimum Gasteiger partial charge on any atom is -0.490 e. The van der Waals surface area contributed by atoms with E-state index in [1.807, 2.05) is 20.8 Å². The summed E-state index contributed by atoms with van der Waals surface area (Å²) in [5, 5.41) is 5.11. The van der Waals surface area contributed by atoms with Crippen LogP contribution in [0.4, 0.5) is 4.79 Å². The van der Waals surface area contributed by atoms with Crippen LogP contribution in [0.2, 0.25) is 0 Å². The van der Waals surface area contributed by atoms with Crippen molar-refractivity contribution in [3.63, 3.8) is 0 Å². The van der Waals surface area contributed by atoms with Gasteiger partial charge < -0.3 is 14.8 Å². The molecule has 20 heavy (non-hydrogen) atoms. The third-order valence-corrected chi connectivity index (χ3v) is 4.45. The highest BCUT2D eigenvalue weighted by Crippen LogP contribution is 2.48. The molecule has 110 valence electrons. The van der Waals surface area contributed by atoms with E-state index in [1.165, 1.54) is 23.3 Å². The Balaban J connectivity index is 1.60. The fourth-order valence-corrected chi connectivity index (χ4v) is 3.57. The second-order valence-corrected chi connectivity index (χ2v) is 7.54. The Morgan fingerprint density at radius 3 is 2.85 bits per heavy atom. The lowest BCUT2D eigenvalue weighted by Gasteiger charge is -2.26. The van der Waals surface area contributed by atoms with Crippen molar-refractivity contribution in [1.82, 2.24) is 5.32 Å². The quantitative estimate of drug-likeness (QED) is 0.909. The van der Waals surface area contributed by atoms with Crippen molar-refractivity contribution in [2.45, 2.75) is 57.6 Å². The highest BCUT2D eigenvalue weighted by atomic mass is 32.1. The largest absolute Gasteiger partial charge is 0.490 e. The van der Waals surface area contributed by atoms with E-state index in [-0.39, 0.29) is 12.1 Å². The Morgan fingerprint density at radius 2 is 2.20 bits per heavy atom. The van der Waals surface area contributed by atoms with Crippen LogP contribution in [0.5, 0.6) is 5.75 Å². The van der Waals surface area contributed by atoms with Gasteiger partial charge in [-0.3, -0.25) is 0 Å². The van der Waals surface area contributed by atoms with Gasteiger partial charge in [-0.05, 0) is 44.9 Å². The number of rotatable bonds is 2. The van der Waals surface area contributed by atoms with Crippen LogP contribution in [0.25, 0.3) is 0 Å². The Morgan fingerprint density at radius 1 is 1.45 bits per heavy atom. The standard InChI is InChI=1S/C15H21NO3S/c1-15(2,3)19-14(17)16-10-6-12-13(18-7-10)11(8-20-12)9-4-5-9/h8-10H,4-7H2,1-3H3,(H,16,17). The molecule has 0 spiro atoms. The van der Waals surface area contributed by atoms with Crippen LogP contribution in [0, 0.1) is 0 Å². The third-order valence-electron chi connectivity index (χ3n) is 3.44. The van der Waals surface area contributed by atoms with Crippen LogP contribution in [-0.4, -0.2) is 24.3 Å². The monoisotopic (exact) mass is 295 g/mol. The van der Waals surface area contributed by atoms with Gasteiger partial charge in [0.1, 0.15) is 18.0 Å². The highest BCUT2D eigenvalue weighted by Gasteiger charge is 2.33. The molecule has 3 rings (SSSR count). The van der Waals surface area contributed by atoms with Gasteiger partial charge in [0.05, 0.1) is 6.04 Å². The summed E-state index contributed by atoms with van der Waals surface area (Å²) in [7, 11) is 0. The minimum absolute atomic E-state index is 0.00283. The van der Waals surface area contributed by atoms with Crippen molar-refractivity contribution in [1.29, 1.82) is 0 Å². The fraction of sp³-hybridized carbons (Fsp3) is 0.667. The van der Waals surface area contributed by atoms with Gasteiger partial charge in [-0.2, -0.15) is 0 Å². The zero-order chi connectivity index (χ0) is 14.3. The molecule has 1 aliphatic heterocycles. The fourth-order valence-electron chi connectivity index (χ4n) is 2.42.